The minimum absolute atomic E-state index is 0.0635. The van der Waals surface area contributed by atoms with Gasteiger partial charge in [0.15, 0.2) is 11.5 Å². The number of benzene rings is 2. The molecule has 2 aromatic carbocycles. The molecule has 2 aromatic rings. The van der Waals surface area contributed by atoms with Gasteiger partial charge in [-0.3, -0.25) is 9.59 Å². The lowest BCUT2D eigenvalue weighted by atomic mass is 10.1. The van der Waals surface area contributed by atoms with Crippen LogP contribution in [0.5, 0.6) is 11.5 Å². The molecule has 0 aliphatic carbocycles. The van der Waals surface area contributed by atoms with Crippen LogP contribution in [0.15, 0.2) is 42.5 Å². The van der Waals surface area contributed by atoms with Gasteiger partial charge < -0.3 is 20.1 Å². The van der Waals surface area contributed by atoms with Crippen LogP contribution in [0.1, 0.15) is 65.3 Å². The number of hydrogen-bond donors (Lipinski definition) is 2. The van der Waals surface area contributed by atoms with Gasteiger partial charge in [-0.1, -0.05) is 44.7 Å². The zero-order valence-electron chi connectivity index (χ0n) is 18.1. The molecular weight excluding hydrogens is 380 g/mol. The maximum atomic E-state index is 12.4. The summed E-state index contributed by atoms with van der Waals surface area (Å²) in [6.07, 6.45) is 5.83. The van der Waals surface area contributed by atoms with Crippen LogP contribution >= 0.6 is 0 Å². The van der Waals surface area contributed by atoms with Crippen LogP contribution in [0.25, 0.3) is 0 Å². The normalized spacial score (nSPS) is 10.4. The largest absolute Gasteiger partial charge is 0.493 e. The van der Waals surface area contributed by atoms with Crippen molar-refractivity contribution in [2.45, 2.75) is 45.6 Å². The summed E-state index contributed by atoms with van der Waals surface area (Å²) in [5.74, 6) is 0.807. The van der Waals surface area contributed by atoms with Crippen molar-refractivity contribution in [2.24, 2.45) is 0 Å². The summed E-state index contributed by atoms with van der Waals surface area (Å²) in [4.78, 5) is 24.6. The SMILES string of the molecule is CCCCCCCNC(=O)c1ccc(CNC(=O)c2ccc(OC)c(OC)c2)cc1. The van der Waals surface area contributed by atoms with Crippen LogP contribution in [-0.2, 0) is 6.54 Å². The summed E-state index contributed by atoms with van der Waals surface area (Å²) in [6.45, 7) is 3.26. The van der Waals surface area contributed by atoms with E-state index in [9.17, 15) is 9.59 Å². The van der Waals surface area contributed by atoms with Crippen molar-refractivity contribution in [3.05, 3.63) is 59.2 Å². The molecule has 30 heavy (non-hydrogen) atoms. The molecule has 0 radical (unpaired) electrons. The highest BCUT2D eigenvalue weighted by atomic mass is 16.5. The average molecular weight is 413 g/mol. The number of amides is 2. The van der Waals surface area contributed by atoms with E-state index in [1.54, 1.807) is 37.4 Å². The fraction of sp³-hybridized carbons (Fsp3) is 0.417. The molecule has 0 spiro atoms. The van der Waals surface area contributed by atoms with Gasteiger partial charge in [0, 0.05) is 24.2 Å². The fourth-order valence-corrected chi connectivity index (χ4v) is 3.07. The van der Waals surface area contributed by atoms with E-state index in [1.807, 2.05) is 12.1 Å². The maximum absolute atomic E-state index is 12.4. The lowest BCUT2D eigenvalue weighted by Gasteiger charge is -2.10. The number of unbranched alkanes of at least 4 members (excludes halogenated alkanes) is 4. The second-order valence-corrected chi connectivity index (χ2v) is 7.12. The highest BCUT2D eigenvalue weighted by Gasteiger charge is 2.11. The summed E-state index contributed by atoms with van der Waals surface area (Å²) in [7, 11) is 3.08. The monoisotopic (exact) mass is 412 g/mol. The van der Waals surface area contributed by atoms with E-state index >= 15 is 0 Å². The van der Waals surface area contributed by atoms with Crippen molar-refractivity contribution in [1.29, 1.82) is 0 Å². The summed E-state index contributed by atoms with van der Waals surface area (Å²) < 4.78 is 10.4. The number of methoxy groups -OCH3 is 2. The molecule has 0 aromatic heterocycles. The van der Waals surface area contributed by atoms with Gasteiger partial charge in [0.1, 0.15) is 0 Å². The van der Waals surface area contributed by atoms with Crippen molar-refractivity contribution >= 4 is 11.8 Å². The molecule has 0 heterocycles. The second kappa shape index (κ2) is 12.5. The maximum Gasteiger partial charge on any atom is 0.251 e. The Morgan fingerprint density at radius 2 is 1.40 bits per heavy atom. The number of nitrogens with one attached hydrogen (secondary N) is 2. The third-order valence-electron chi connectivity index (χ3n) is 4.88. The third-order valence-corrected chi connectivity index (χ3v) is 4.88. The number of hydrogen-bond acceptors (Lipinski definition) is 4. The summed E-state index contributed by atoms with van der Waals surface area (Å²) in [5.41, 5.74) is 2.03. The minimum atomic E-state index is -0.208. The first-order valence-corrected chi connectivity index (χ1v) is 10.5. The van der Waals surface area contributed by atoms with E-state index in [0.29, 0.717) is 35.7 Å². The number of carbonyl (C=O) groups excluding carboxylic acids is 2. The molecule has 0 aliphatic heterocycles. The lowest BCUT2D eigenvalue weighted by Crippen LogP contribution is -2.25. The van der Waals surface area contributed by atoms with Gasteiger partial charge in [0.25, 0.3) is 11.8 Å². The fourth-order valence-electron chi connectivity index (χ4n) is 3.07. The summed E-state index contributed by atoms with van der Waals surface area (Å²) in [6, 6.07) is 12.3. The Morgan fingerprint density at radius 1 is 0.767 bits per heavy atom. The molecule has 0 bridgehead atoms. The van der Waals surface area contributed by atoms with E-state index < -0.39 is 0 Å². The molecule has 162 valence electrons. The van der Waals surface area contributed by atoms with Crippen LogP contribution in [-0.4, -0.2) is 32.6 Å². The molecule has 0 saturated carbocycles. The van der Waals surface area contributed by atoms with Gasteiger partial charge in [-0.15, -0.1) is 0 Å². The molecule has 0 atom stereocenters. The first-order valence-electron chi connectivity index (χ1n) is 10.5. The highest BCUT2D eigenvalue weighted by molar-refractivity contribution is 5.95. The highest BCUT2D eigenvalue weighted by Crippen LogP contribution is 2.27. The first kappa shape index (κ1) is 23.3. The predicted molar refractivity (Wildman–Crippen MR) is 118 cm³/mol. The minimum Gasteiger partial charge on any atom is -0.493 e. The standard InChI is InChI=1S/C24H32N2O4/c1-4-5-6-7-8-15-25-23(27)19-11-9-18(10-12-19)17-26-24(28)20-13-14-21(29-2)22(16-20)30-3/h9-14,16H,4-8,15,17H2,1-3H3,(H,25,27)(H,26,28). The zero-order chi connectivity index (χ0) is 21.8. The number of carbonyl (C=O) groups is 2. The molecule has 0 unspecified atom stereocenters. The molecular formula is C24H32N2O4. The van der Waals surface area contributed by atoms with E-state index in [2.05, 4.69) is 17.6 Å². The molecule has 0 saturated heterocycles. The van der Waals surface area contributed by atoms with Crippen LogP contribution in [0, 0.1) is 0 Å². The van der Waals surface area contributed by atoms with E-state index in [1.165, 1.54) is 26.4 Å². The van der Waals surface area contributed by atoms with Gasteiger partial charge in [-0.05, 0) is 42.3 Å². The van der Waals surface area contributed by atoms with Gasteiger partial charge in [-0.2, -0.15) is 0 Å². The van der Waals surface area contributed by atoms with Gasteiger partial charge in [0.2, 0.25) is 0 Å². The quantitative estimate of drug-likeness (QED) is 0.509. The number of ether oxygens (including phenoxy) is 2. The number of rotatable bonds is 12. The summed E-state index contributed by atoms with van der Waals surface area (Å²) in [5, 5.41) is 5.83. The van der Waals surface area contributed by atoms with E-state index in [-0.39, 0.29) is 11.8 Å². The Kier molecular flexibility index (Phi) is 9.71. The van der Waals surface area contributed by atoms with Crippen LogP contribution < -0.4 is 20.1 Å². The predicted octanol–water partition coefficient (Wildman–Crippen LogP) is 4.33. The summed E-state index contributed by atoms with van der Waals surface area (Å²) >= 11 is 0. The Morgan fingerprint density at radius 3 is 2.07 bits per heavy atom. The molecule has 2 rings (SSSR count). The van der Waals surface area contributed by atoms with Crippen molar-refractivity contribution in [3.8, 4) is 11.5 Å². The van der Waals surface area contributed by atoms with E-state index in [0.717, 1.165) is 18.4 Å². The van der Waals surface area contributed by atoms with E-state index in [4.69, 9.17) is 9.47 Å². The first-order chi connectivity index (χ1) is 14.6. The van der Waals surface area contributed by atoms with Gasteiger partial charge in [0.05, 0.1) is 14.2 Å². The Hall–Kier alpha value is -3.02. The third kappa shape index (κ3) is 7.10. The lowest BCUT2D eigenvalue weighted by molar-refractivity contribution is 0.0942. The van der Waals surface area contributed by atoms with Crippen LogP contribution in [0.2, 0.25) is 0 Å². The second-order valence-electron chi connectivity index (χ2n) is 7.12. The van der Waals surface area contributed by atoms with Crippen LogP contribution in [0.3, 0.4) is 0 Å². The molecule has 2 N–H and O–H groups in total. The Labute approximate surface area is 179 Å². The van der Waals surface area contributed by atoms with Crippen molar-refractivity contribution in [3.63, 3.8) is 0 Å². The smallest absolute Gasteiger partial charge is 0.251 e. The van der Waals surface area contributed by atoms with Crippen molar-refractivity contribution < 1.29 is 19.1 Å². The van der Waals surface area contributed by atoms with Crippen molar-refractivity contribution in [2.75, 3.05) is 20.8 Å². The average Bonchev–Trinajstić information content (AvgIpc) is 2.79. The molecule has 6 nitrogen and oxygen atoms in total. The van der Waals surface area contributed by atoms with Crippen LogP contribution in [0.4, 0.5) is 0 Å². The van der Waals surface area contributed by atoms with Gasteiger partial charge in [-0.25, -0.2) is 0 Å². The Bertz CT molecular complexity index is 818. The molecule has 0 fully saturated rings. The molecule has 0 aliphatic rings. The molecule has 2 amide bonds. The Balaban J connectivity index is 1.81. The zero-order valence-corrected chi connectivity index (χ0v) is 18.1. The molecule has 6 heteroatoms. The topological polar surface area (TPSA) is 76.7 Å². The van der Waals surface area contributed by atoms with Crippen molar-refractivity contribution in [1.82, 2.24) is 10.6 Å². The van der Waals surface area contributed by atoms with Gasteiger partial charge >= 0.3 is 0 Å².